The quantitative estimate of drug-likeness (QED) is 0.606. The van der Waals surface area contributed by atoms with Gasteiger partial charge in [0.1, 0.15) is 5.75 Å². The number of carbonyl (C=O) groups is 2. The van der Waals surface area contributed by atoms with Gasteiger partial charge in [0.25, 0.3) is 0 Å². The summed E-state index contributed by atoms with van der Waals surface area (Å²) in [6.07, 6.45) is 2.09. The van der Waals surface area contributed by atoms with Gasteiger partial charge in [-0.1, -0.05) is 25.5 Å². The number of carbonyl (C=O) groups excluding carboxylic acids is 2. The molecule has 0 aliphatic carbocycles. The molecule has 1 aliphatic rings. The Labute approximate surface area is 162 Å². The van der Waals surface area contributed by atoms with Gasteiger partial charge in [0, 0.05) is 32.7 Å². The van der Waals surface area contributed by atoms with Gasteiger partial charge in [-0.15, -0.1) is 0 Å². The van der Waals surface area contributed by atoms with Gasteiger partial charge in [0.2, 0.25) is 11.8 Å². The van der Waals surface area contributed by atoms with E-state index in [0.717, 1.165) is 45.6 Å². The first-order chi connectivity index (χ1) is 13.1. The van der Waals surface area contributed by atoms with E-state index in [4.69, 9.17) is 4.74 Å². The predicted octanol–water partition coefficient (Wildman–Crippen LogP) is 1.56. The Hall–Kier alpha value is -2.12. The average molecular weight is 377 g/mol. The zero-order valence-electron chi connectivity index (χ0n) is 16.5. The molecular formula is C20H32N4O3. The lowest BCUT2D eigenvalue weighted by Crippen LogP contribution is -2.51. The second-order valence-corrected chi connectivity index (χ2v) is 6.73. The highest BCUT2D eigenvalue weighted by molar-refractivity contribution is 5.93. The van der Waals surface area contributed by atoms with Crippen LogP contribution in [0.2, 0.25) is 0 Å². The third-order valence-electron chi connectivity index (χ3n) is 4.51. The molecule has 0 saturated carbocycles. The Morgan fingerprint density at radius 3 is 2.26 bits per heavy atom. The largest absolute Gasteiger partial charge is 0.492 e. The van der Waals surface area contributed by atoms with Gasteiger partial charge in [0.05, 0.1) is 25.4 Å². The molecule has 0 radical (unpaired) electrons. The van der Waals surface area contributed by atoms with Crippen molar-refractivity contribution in [3.63, 3.8) is 0 Å². The van der Waals surface area contributed by atoms with Crippen LogP contribution in [0.5, 0.6) is 5.75 Å². The number of hydrogen-bond donors (Lipinski definition) is 2. The second-order valence-electron chi connectivity index (χ2n) is 6.73. The number of amides is 2. The molecule has 2 N–H and O–H groups in total. The van der Waals surface area contributed by atoms with E-state index in [-0.39, 0.29) is 11.8 Å². The van der Waals surface area contributed by atoms with Gasteiger partial charge in [-0.3, -0.25) is 19.4 Å². The monoisotopic (exact) mass is 376 g/mol. The minimum absolute atomic E-state index is 0.0482. The van der Waals surface area contributed by atoms with E-state index in [2.05, 4.69) is 27.4 Å². The molecule has 7 nitrogen and oxygen atoms in total. The number of hydrogen-bond acceptors (Lipinski definition) is 5. The highest BCUT2D eigenvalue weighted by atomic mass is 16.5. The fourth-order valence-corrected chi connectivity index (χ4v) is 3.01. The molecular weight excluding hydrogens is 344 g/mol. The van der Waals surface area contributed by atoms with Crippen molar-refractivity contribution in [1.82, 2.24) is 15.1 Å². The summed E-state index contributed by atoms with van der Waals surface area (Å²) in [4.78, 5) is 28.5. The van der Waals surface area contributed by atoms with Gasteiger partial charge in [-0.25, -0.2) is 0 Å². The number of anilines is 1. The molecule has 150 valence electrons. The van der Waals surface area contributed by atoms with Crippen LogP contribution in [0.15, 0.2) is 24.3 Å². The van der Waals surface area contributed by atoms with E-state index in [1.54, 1.807) is 0 Å². The Balaban J connectivity index is 1.71. The molecule has 0 spiro atoms. The molecule has 1 aliphatic heterocycles. The van der Waals surface area contributed by atoms with Crippen molar-refractivity contribution in [3.8, 4) is 5.75 Å². The topological polar surface area (TPSA) is 73.9 Å². The van der Waals surface area contributed by atoms with Crippen LogP contribution >= 0.6 is 0 Å². The number of para-hydroxylation sites is 2. The Kier molecular flexibility index (Phi) is 9.07. The van der Waals surface area contributed by atoms with E-state index < -0.39 is 0 Å². The van der Waals surface area contributed by atoms with E-state index in [1.165, 1.54) is 0 Å². The summed E-state index contributed by atoms with van der Waals surface area (Å²) < 4.78 is 5.54. The van der Waals surface area contributed by atoms with Crippen molar-refractivity contribution < 1.29 is 14.3 Å². The third-order valence-corrected chi connectivity index (χ3v) is 4.51. The number of nitrogens with one attached hydrogen (secondary N) is 2. The van der Waals surface area contributed by atoms with Crippen molar-refractivity contribution in [2.75, 3.05) is 57.7 Å². The van der Waals surface area contributed by atoms with E-state index >= 15 is 0 Å². The second kappa shape index (κ2) is 11.6. The molecule has 1 aromatic rings. The SMILES string of the molecule is CCCCNC(=O)CN1CCN(CC(=O)Nc2ccccc2OCC)CC1. The summed E-state index contributed by atoms with van der Waals surface area (Å²) in [6, 6.07) is 7.46. The highest BCUT2D eigenvalue weighted by Crippen LogP contribution is 2.23. The number of nitrogens with zero attached hydrogens (tertiary/aromatic N) is 2. The van der Waals surface area contributed by atoms with Crippen molar-refractivity contribution in [2.45, 2.75) is 26.7 Å². The summed E-state index contributed by atoms with van der Waals surface area (Å²) in [7, 11) is 0. The molecule has 1 saturated heterocycles. The van der Waals surface area contributed by atoms with Gasteiger partial charge < -0.3 is 15.4 Å². The van der Waals surface area contributed by atoms with Gasteiger partial charge in [0.15, 0.2) is 0 Å². The molecule has 0 aromatic heterocycles. The van der Waals surface area contributed by atoms with E-state index in [0.29, 0.717) is 31.1 Å². The minimum atomic E-state index is -0.0482. The summed E-state index contributed by atoms with van der Waals surface area (Å²) in [5.74, 6) is 0.724. The normalized spacial score (nSPS) is 15.3. The Bertz CT molecular complexity index is 601. The first-order valence-electron chi connectivity index (χ1n) is 9.85. The molecule has 0 bridgehead atoms. The number of ether oxygens (including phenoxy) is 1. The highest BCUT2D eigenvalue weighted by Gasteiger charge is 2.20. The lowest BCUT2D eigenvalue weighted by molar-refractivity contribution is -0.123. The van der Waals surface area contributed by atoms with E-state index in [1.807, 2.05) is 31.2 Å². The molecule has 27 heavy (non-hydrogen) atoms. The van der Waals surface area contributed by atoms with Crippen LogP contribution in [0.4, 0.5) is 5.69 Å². The molecule has 1 aromatic carbocycles. The predicted molar refractivity (Wildman–Crippen MR) is 107 cm³/mol. The maximum absolute atomic E-state index is 12.4. The third kappa shape index (κ3) is 7.56. The average Bonchev–Trinajstić information content (AvgIpc) is 2.65. The molecule has 0 unspecified atom stereocenters. The molecule has 1 fully saturated rings. The summed E-state index contributed by atoms with van der Waals surface area (Å²) in [5.41, 5.74) is 0.701. The standard InChI is InChI=1S/C20H32N4O3/c1-3-5-10-21-19(25)15-23-11-13-24(14-12-23)16-20(26)22-17-8-6-7-9-18(17)27-4-2/h6-9H,3-5,10-16H2,1-2H3,(H,21,25)(H,22,26). The summed E-state index contributed by atoms with van der Waals surface area (Å²) in [5, 5.41) is 5.88. The van der Waals surface area contributed by atoms with Crippen LogP contribution in [0.1, 0.15) is 26.7 Å². The van der Waals surface area contributed by atoms with Crippen molar-refractivity contribution >= 4 is 17.5 Å². The molecule has 7 heteroatoms. The summed E-state index contributed by atoms with van der Waals surface area (Å²) in [6.45, 7) is 9.26. The molecule has 1 heterocycles. The maximum atomic E-state index is 12.4. The van der Waals surface area contributed by atoms with Gasteiger partial charge in [-0.05, 0) is 25.5 Å². The first kappa shape index (κ1) is 21.2. The lowest BCUT2D eigenvalue weighted by Gasteiger charge is -2.33. The van der Waals surface area contributed by atoms with Crippen LogP contribution in [0, 0.1) is 0 Å². The fraction of sp³-hybridized carbons (Fsp3) is 0.600. The van der Waals surface area contributed by atoms with Crippen LogP contribution in [0.3, 0.4) is 0 Å². The molecule has 2 rings (SSSR count). The Morgan fingerprint density at radius 1 is 1.00 bits per heavy atom. The number of rotatable bonds is 10. The van der Waals surface area contributed by atoms with Crippen LogP contribution < -0.4 is 15.4 Å². The molecule has 0 atom stereocenters. The van der Waals surface area contributed by atoms with Crippen LogP contribution in [-0.4, -0.2) is 74.0 Å². The fourth-order valence-electron chi connectivity index (χ4n) is 3.01. The number of unbranched alkanes of at least 4 members (excludes halogenated alkanes) is 1. The van der Waals surface area contributed by atoms with Crippen molar-refractivity contribution in [2.24, 2.45) is 0 Å². The zero-order chi connectivity index (χ0) is 19.5. The van der Waals surface area contributed by atoms with Gasteiger partial charge >= 0.3 is 0 Å². The number of benzene rings is 1. The van der Waals surface area contributed by atoms with Crippen molar-refractivity contribution in [3.05, 3.63) is 24.3 Å². The van der Waals surface area contributed by atoms with Crippen molar-refractivity contribution in [1.29, 1.82) is 0 Å². The minimum Gasteiger partial charge on any atom is -0.492 e. The van der Waals surface area contributed by atoms with E-state index in [9.17, 15) is 9.59 Å². The number of piperazine rings is 1. The van der Waals surface area contributed by atoms with Gasteiger partial charge in [-0.2, -0.15) is 0 Å². The smallest absolute Gasteiger partial charge is 0.238 e. The Morgan fingerprint density at radius 2 is 1.63 bits per heavy atom. The zero-order valence-corrected chi connectivity index (χ0v) is 16.5. The van der Waals surface area contributed by atoms with Crippen LogP contribution in [-0.2, 0) is 9.59 Å². The molecule has 2 amide bonds. The van der Waals surface area contributed by atoms with Crippen LogP contribution in [0.25, 0.3) is 0 Å². The first-order valence-corrected chi connectivity index (χ1v) is 9.85. The maximum Gasteiger partial charge on any atom is 0.238 e. The lowest BCUT2D eigenvalue weighted by atomic mass is 10.2. The summed E-state index contributed by atoms with van der Waals surface area (Å²) >= 11 is 0.